The van der Waals surface area contributed by atoms with Crippen molar-refractivity contribution in [1.29, 1.82) is 0 Å². The third kappa shape index (κ3) is 4.41. The Morgan fingerprint density at radius 2 is 1.74 bits per heavy atom. The molecule has 3 aliphatic rings. The van der Waals surface area contributed by atoms with E-state index in [9.17, 15) is 19.7 Å². The third-order valence-corrected chi connectivity index (χ3v) is 7.36. The molecule has 1 aromatic carbocycles. The first-order valence-corrected chi connectivity index (χ1v) is 11.8. The highest BCUT2D eigenvalue weighted by atomic mass is 35.5. The summed E-state index contributed by atoms with van der Waals surface area (Å²) < 4.78 is 32.3. The second kappa shape index (κ2) is 9.79. The van der Waals surface area contributed by atoms with E-state index in [1.54, 1.807) is 0 Å². The van der Waals surface area contributed by atoms with Crippen LogP contribution in [0.25, 0.3) is 10.9 Å². The third-order valence-electron chi connectivity index (χ3n) is 7.36. The van der Waals surface area contributed by atoms with Crippen LogP contribution in [0.5, 0.6) is 0 Å². The van der Waals surface area contributed by atoms with E-state index in [1.165, 1.54) is 0 Å². The van der Waals surface area contributed by atoms with Crippen LogP contribution in [0.4, 0.5) is 14.5 Å². The quantitative estimate of drug-likeness (QED) is 0.372. The fourth-order valence-electron chi connectivity index (χ4n) is 5.49. The number of carbonyl (C=O) groups is 1. The molecular formula is C23H28ClF2N5O4. The van der Waals surface area contributed by atoms with Crippen LogP contribution in [0.2, 0.25) is 0 Å². The van der Waals surface area contributed by atoms with Crippen LogP contribution in [0.3, 0.4) is 0 Å². The number of fused-ring (bicyclic) bond motifs is 1. The van der Waals surface area contributed by atoms with Crippen molar-refractivity contribution in [2.75, 3.05) is 31.9 Å². The Balaban J connectivity index is 0.00000289. The van der Waals surface area contributed by atoms with Gasteiger partial charge in [0.2, 0.25) is 0 Å². The number of carbonyl (C=O) groups excluding carboxylic acids is 1. The molecule has 35 heavy (non-hydrogen) atoms. The zero-order valence-electron chi connectivity index (χ0n) is 19.1. The topological polar surface area (TPSA) is 115 Å². The molecule has 5 rings (SSSR count). The molecule has 3 heterocycles. The first-order valence-electron chi connectivity index (χ1n) is 11.8. The molecule has 190 valence electrons. The van der Waals surface area contributed by atoms with E-state index in [4.69, 9.17) is 5.73 Å². The van der Waals surface area contributed by atoms with Crippen LogP contribution in [0.1, 0.15) is 54.8 Å². The minimum Gasteiger partial charge on any atom is -0.396 e. The number of hydrogen-bond donors (Lipinski definition) is 1. The SMILES string of the molecule is Cl.Nc1c(F)c(C2CCCN(N3CCCC3)C2)c(F)c2c1c(=O)ccn2C(=O)C(C1CC1)[N+](=O)[O-]. The largest absolute Gasteiger partial charge is 0.396 e. The molecule has 3 fully saturated rings. The van der Waals surface area contributed by atoms with Gasteiger partial charge in [0.15, 0.2) is 17.1 Å². The van der Waals surface area contributed by atoms with Crippen molar-refractivity contribution in [3.63, 3.8) is 0 Å². The standard InChI is InChI=1S/C23H27F2N5O4.ClH/c24-18-16(14-4-3-10-28(12-14)27-8-1-2-9-27)19(25)22-17(20(18)26)15(31)7-11-29(22)23(32)21(30(33)34)13-5-6-13;/h7,11,13-14,21H,1-6,8-10,12,26H2;1H. The lowest BCUT2D eigenvalue weighted by molar-refractivity contribution is -0.510. The molecule has 1 aromatic heterocycles. The Labute approximate surface area is 206 Å². The van der Waals surface area contributed by atoms with Gasteiger partial charge < -0.3 is 5.73 Å². The number of nitro groups is 1. The molecule has 1 saturated carbocycles. The van der Waals surface area contributed by atoms with Gasteiger partial charge in [0.1, 0.15) is 0 Å². The number of hydrazine groups is 1. The maximum absolute atomic E-state index is 16.1. The predicted molar refractivity (Wildman–Crippen MR) is 128 cm³/mol. The number of pyridine rings is 1. The molecule has 12 heteroatoms. The monoisotopic (exact) mass is 511 g/mol. The van der Waals surface area contributed by atoms with Gasteiger partial charge in [0.05, 0.1) is 16.6 Å². The Kier molecular flexibility index (Phi) is 7.12. The van der Waals surface area contributed by atoms with Gasteiger partial charge >= 0.3 is 5.91 Å². The van der Waals surface area contributed by atoms with Gasteiger partial charge in [-0.05, 0) is 38.5 Å². The number of nitrogens with zero attached hydrogens (tertiary/aromatic N) is 4. The van der Waals surface area contributed by atoms with Crippen LogP contribution in [-0.4, -0.2) is 57.6 Å². The molecule has 2 unspecified atom stereocenters. The zero-order chi connectivity index (χ0) is 24.1. The van der Waals surface area contributed by atoms with Crippen LogP contribution in [0, 0.1) is 27.7 Å². The van der Waals surface area contributed by atoms with Crippen molar-refractivity contribution in [2.45, 2.75) is 50.5 Å². The smallest absolute Gasteiger partial charge is 0.306 e. The Morgan fingerprint density at radius 3 is 2.37 bits per heavy atom. The highest BCUT2D eigenvalue weighted by Crippen LogP contribution is 2.39. The summed E-state index contributed by atoms with van der Waals surface area (Å²) in [6.07, 6.45) is 5.47. The van der Waals surface area contributed by atoms with Gasteiger partial charge in [0.25, 0.3) is 6.04 Å². The van der Waals surface area contributed by atoms with E-state index in [-0.39, 0.29) is 18.0 Å². The number of nitrogens with two attached hydrogens (primary N) is 1. The molecular weight excluding hydrogens is 484 g/mol. The average molecular weight is 512 g/mol. The molecule has 1 aliphatic carbocycles. The minimum atomic E-state index is -1.56. The van der Waals surface area contributed by atoms with Crippen molar-refractivity contribution < 1.29 is 18.5 Å². The Hall–Kier alpha value is -2.63. The normalized spacial score (nSPS) is 22.2. The number of benzene rings is 1. The maximum Gasteiger partial charge on any atom is 0.306 e. The molecule has 2 aliphatic heterocycles. The van der Waals surface area contributed by atoms with Crippen molar-refractivity contribution in [3.8, 4) is 0 Å². The number of rotatable bonds is 5. The van der Waals surface area contributed by atoms with Crippen LogP contribution in [0.15, 0.2) is 17.1 Å². The van der Waals surface area contributed by atoms with E-state index in [1.807, 2.05) is 0 Å². The molecule has 0 spiro atoms. The number of hydrogen-bond acceptors (Lipinski definition) is 7. The molecule has 2 saturated heterocycles. The minimum absolute atomic E-state index is 0. The van der Waals surface area contributed by atoms with Crippen LogP contribution in [-0.2, 0) is 0 Å². The highest BCUT2D eigenvalue weighted by Gasteiger charge is 2.46. The summed E-state index contributed by atoms with van der Waals surface area (Å²) in [4.78, 5) is 36.6. The summed E-state index contributed by atoms with van der Waals surface area (Å²) in [5.41, 5.74) is 4.00. The van der Waals surface area contributed by atoms with Gasteiger partial charge in [-0.15, -0.1) is 12.4 Å². The summed E-state index contributed by atoms with van der Waals surface area (Å²) in [6.45, 7) is 2.98. The lowest BCUT2D eigenvalue weighted by Crippen LogP contribution is -2.46. The molecule has 2 atom stereocenters. The van der Waals surface area contributed by atoms with Gasteiger partial charge in [0, 0.05) is 60.8 Å². The Bertz CT molecular complexity index is 1230. The Morgan fingerprint density at radius 1 is 1.09 bits per heavy atom. The summed E-state index contributed by atoms with van der Waals surface area (Å²) >= 11 is 0. The molecule has 9 nitrogen and oxygen atoms in total. The fourth-order valence-corrected chi connectivity index (χ4v) is 5.49. The van der Waals surface area contributed by atoms with E-state index in [2.05, 4.69) is 10.0 Å². The van der Waals surface area contributed by atoms with E-state index in [0.29, 0.717) is 25.8 Å². The van der Waals surface area contributed by atoms with Gasteiger partial charge in [-0.25, -0.2) is 18.8 Å². The zero-order valence-corrected chi connectivity index (χ0v) is 19.9. The molecule has 0 bridgehead atoms. The van der Waals surface area contributed by atoms with E-state index < -0.39 is 62.4 Å². The van der Waals surface area contributed by atoms with E-state index in [0.717, 1.165) is 55.7 Å². The molecule has 2 aromatic rings. The summed E-state index contributed by atoms with van der Waals surface area (Å²) in [7, 11) is 0. The van der Waals surface area contributed by atoms with E-state index >= 15 is 8.78 Å². The number of piperidine rings is 1. The second-order valence-electron chi connectivity index (χ2n) is 9.55. The molecule has 0 amide bonds. The molecule has 0 radical (unpaired) electrons. The van der Waals surface area contributed by atoms with Crippen molar-refractivity contribution in [3.05, 3.63) is 49.8 Å². The lowest BCUT2D eigenvalue weighted by atomic mass is 9.88. The van der Waals surface area contributed by atoms with Crippen LogP contribution < -0.4 is 11.2 Å². The molecule has 2 N–H and O–H groups in total. The van der Waals surface area contributed by atoms with Crippen molar-refractivity contribution in [2.24, 2.45) is 5.92 Å². The van der Waals surface area contributed by atoms with Gasteiger partial charge in [-0.1, -0.05) is 0 Å². The maximum atomic E-state index is 16.1. The van der Waals surface area contributed by atoms with Gasteiger partial charge in [-0.2, -0.15) is 0 Å². The number of halogens is 3. The predicted octanol–water partition coefficient (Wildman–Crippen LogP) is 3.17. The second-order valence-corrected chi connectivity index (χ2v) is 9.55. The highest BCUT2D eigenvalue weighted by molar-refractivity contribution is 5.99. The number of nitrogen functional groups attached to an aromatic ring is 1. The summed E-state index contributed by atoms with van der Waals surface area (Å²) in [5, 5.41) is 15.5. The first-order chi connectivity index (χ1) is 16.3. The number of aromatic nitrogens is 1. The summed E-state index contributed by atoms with van der Waals surface area (Å²) in [5.74, 6) is -3.96. The van der Waals surface area contributed by atoms with Gasteiger partial charge in [-0.3, -0.25) is 24.3 Å². The van der Waals surface area contributed by atoms with Crippen LogP contribution >= 0.6 is 12.4 Å². The first kappa shape index (κ1) is 25.5. The fraction of sp³-hybridized carbons (Fsp3) is 0.565. The average Bonchev–Trinajstić information content (AvgIpc) is 3.47. The van der Waals surface area contributed by atoms with Crippen molar-refractivity contribution >= 4 is 34.9 Å². The lowest BCUT2D eigenvalue weighted by Gasteiger charge is -2.39. The summed E-state index contributed by atoms with van der Waals surface area (Å²) in [6, 6.07) is -0.588. The number of anilines is 1. The van der Waals surface area contributed by atoms with Crippen molar-refractivity contribution in [1.82, 2.24) is 14.6 Å².